The minimum absolute atomic E-state index is 0.107. The van der Waals surface area contributed by atoms with Gasteiger partial charge in [-0.3, -0.25) is 9.69 Å². The molecule has 28 heavy (non-hydrogen) atoms. The van der Waals surface area contributed by atoms with E-state index in [1.807, 2.05) is 36.9 Å². The van der Waals surface area contributed by atoms with Crippen LogP contribution in [-0.2, 0) is 14.8 Å². The Labute approximate surface area is 174 Å². The van der Waals surface area contributed by atoms with E-state index in [9.17, 15) is 13.2 Å². The minimum atomic E-state index is -3.49. The number of anilines is 1. The van der Waals surface area contributed by atoms with Crippen molar-refractivity contribution in [2.24, 2.45) is 0 Å². The first-order valence-corrected chi connectivity index (χ1v) is 11.4. The molecule has 0 spiro atoms. The summed E-state index contributed by atoms with van der Waals surface area (Å²) in [6.07, 6.45) is 0. The molecule has 0 aromatic heterocycles. The third kappa shape index (κ3) is 4.63. The highest BCUT2D eigenvalue weighted by molar-refractivity contribution is 9.10. The largest absolute Gasteiger partial charge is 0.324 e. The molecule has 1 unspecified atom stereocenters. The highest BCUT2D eigenvalue weighted by Gasteiger charge is 2.31. The third-order valence-electron chi connectivity index (χ3n) is 4.96. The summed E-state index contributed by atoms with van der Waals surface area (Å²) < 4.78 is 27.8. The molecule has 1 amide bonds. The van der Waals surface area contributed by atoms with E-state index >= 15 is 0 Å². The van der Waals surface area contributed by atoms with E-state index in [0.717, 1.165) is 15.7 Å². The lowest BCUT2D eigenvalue weighted by atomic mass is 10.2. The molecule has 150 valence electrons. The van der Waals surface area contributed by atoms with Gasteiger partial charge >= 0.3 is 0 Å². The van der Waals surface area contributed by atoms with Crippen LogP contribution in [0.3, 0.4) is 0 Å². The molecule has 2 aromatic rings. The van der Waals surface area contributed by atoms with Crippen molar-refractivity contribution in [3.05, 3.63) is 58.6 Å². The Morgan fingerprint density at radius 3 is 2.32 bits per heavy atom. The Bertz CT molecular complexity index is 942. The number of hydrogen-bond acceptors (Lipinski definition) is 4. The summed E-state index contributed by atoms with van der Waals surface area (Å²) in [6, 6.07) is 13.9. The molecule has 2 aromatic carbocycles. The van der Waals surface area contributed by atoms with Crippen LogP contribution in [-0.4, -0.2) is 55.8 Å². The van der Waals surface area contributed by atoms with Gasteiger partial charge in [0.2, 0.25) is 15.9 Å². The Kier molecular flexibility index (Phi) is 6.54. The smallest absolute Gasteiger partial charge is 0.243 e. The standard InChI is InChI=1S/C20H24BrN3O3S/c1-15-8-9-19(18(21)14-15)22-20(25)16(2)23-10-12-24(13-11-23)28(26,27)17-6-4-3-5-7-17/h3-9,14,16H,10-13H2,1-2H3,(H,22,25). The fraction of sp³-hybridized carbons (Fsp3) is 0.350. The maximum atomic E-state index is 12.7. The topological polar surface area (TPSA) is 69.7 Å². The number of halogens is 1. The van der Waals surface area contributed by atoms with E-state index in [-0.39, 0.29) is 11.9 Å². The molecule has 1 saturated heterocycles. The second-order valence-electron chi connectivity index (χ2n) is 6.90. The van der Waals surface area contributed by atoms with Crippen molar-refractivity contribution in [1.82, 2.24) is 9.21 Å². The van der Waals surface area contributed by atoms with Gasteiger partial charge in [0.1, 0.15) is 0 Å². The number of amides is 1. The van der Waals surface area contributed by atoms with Crippen LogP contribution < -0.4 is 5.32 Å². The molecule has 3 rings (SSSR count). The molecule has 8 heteroatoms. The van der Waals surface area contributed by atoms with E-state index in [1.54, 1.807) is 30.3 Å². The van der Waals surface area contributed by atoms with Gasteiger partial charge in [-0.15, -0.1) is 0 Å². The lowest BCUT2D eigenvalue weighted by Crippen LogP contribution is -2.53. The molecule has 1 atom stereocenters. The second kappa shape index (κ2) is 8.73. The normalized spacial score (nSPS) is 17.2. The number of piperazine rings is 1. The summed E-state index contributed by atoms with van der Waals surface area (Å²) >= 11 is 3.47. The van der Waals surface area contributed by atoms with Gasteiger partial charge in [0.15, 0.2) is 0 Å². The molecular weight excluding hydrogens is 442 g/mol. The molecule has 0 bridgehead atoms. The molecule has 0 saturated carbocycles. The number of carbonyl (C=O) groups excluding carboxylic acids is 1. The van der Waals surface area contributed by atoms with Gasteiger partial charge < -0.3 is 5.32 Å². The summed E-state index contributed by atoms with van der Waals surface area (Å²) in [5.41, 5.74) is 1.83. The van der Waals surface area contributed by atoms with Crippen LogP contribution in [0.1, 0.15) is 12.5 Å². The Morgan fingerprint density at radius 2 is 1.71 bits per heavy atom. The van der Waals surface area contributed by atoms with Crippen LogP contribution in [0.2, 0.25) is 0 Å². The second-order valence-corrected chi connectivity index (χ2v) is 9.69. The van der Waals surface area contributed by atoms with E-state index in [1.165, 1.54) is 4.31 Å². The van der Waals surface area contributed by atoms with Gasteiger partial charge in [0.25, 0.3) is 0 Å². The maximum absolute atomic E-state index is 12.7. The van der Waals surface area contributed by atoms with Crippen LogP contribution in [0, 0.1) is 6.92 Å². The molecule has 1 aliphatic heterocycles. The predicted octanol–water partition coefficient (Wildman–Crippen LogP) is 3.09. The number of aryl methyl sites for hydroxylation is 1. The highest BCUT2D eigenvalue weighted by Crippen LogP contribution is 2.24. The van der Waals surface area contributed by atoms with Crippen molar-refractivity contribution in [2.75, 3.05) is 31.5 Å². The Balaban J connectivity index is 1.60. The lowest BCUT2D eigenvalue weighted by molar-refractivity contribution is -0.121. The van der Waals surface area contributed by atoms with Gasteiger partial charge in [0, 0.05) is 30.7 Å². The van der Waals surface area contributed by atoms with E-state index < -0.39 is 10.0 Å². The van der Waals surface area contributed by atoms with Crippen molar-refractivity contribution in [3.63, 3.8) is 0 Å². The van der Waals surface area contributed by atoms with Gasteiger partial charge in [-0.1, -0.05) is 24.3 Å². The first-order chi connectivity index (χ1) is 13.3. The zero-order valence-corrected chi connectivity index (χ0v) is 18.3. The van der Waals surface area contributed by atoms with Crippen molar-refractivity contribution in [1.29, 1.82) is 0 Å². The zero-order valence-electron chi connectivity index (χ0n) is 15.9. The SMILES string of the molecule is Cc1ccc(NC(=O)C(C)N2CCN(S(=O)(=O)c3ccccc3)CC2)c(Br)c1. The average Bonchev–Trinajstić information content (AvgIpc) is 2.70. The molecule has 0 radical (unpaired) electrons. The maximum Gasteiger partial charge on any atom is 0.243 e. The van der Waals surface area contributed by atoms with Crippen LogP contribution >= 0.6 is 15.9 Å². The van der Waals surface area contributed by atoms with Crippen LogP contribution in [0.5, 0.6) is 0 Å². The fourth-order valence-electron chi connectivity index (χ4n) is 3.20. The first kappa shape index (κ1) is 21.0. The van der Waals surface area contributed by atoms with Crippen molar-refractivity contribution in [3.8, 4) is 0 Å². The van der Waals surface area contributed by atoms with Gasteiger partial charge in [-0.2, -0.15) is 4.31 Å². The van der Waals surface area contributed by atoms with Crippen molar-refractivity contribution in [2.45, 2.75) is 24.8 Å². The van der Waals surface area contributed by atoms with Gasteiger partial charge in [-0.25, -0.2) is 8.42 Å². The quantitative estimate of drug-likeness (QED) is 0.736. The monoisotopic (exact) mass is 465 g/mol. The minimum Gasteiger partial charge on any atom is -0.324 e. The number of nitrogens with one attached hydrogen (secondary N) is 1. The summed E-state index contributed by atoms with van der Waals surface area (Å²) in [5, 5.41) is 2.94. The van der Waals surface area contributed by atoms with Crippen LogP contribution in [0.15, 0.2) is 57.9 Å². The van der Waals surface area contributed by atoms with E-state index in [0.29, 0.717) is 31.1 Å². The third-order valence-corrected chi connectivity index (χ3v) is 7.53. The number of sulfonamides is 1. The van der Waals surface area contributed by atoms with Gasteiger partial charge in [0.05, 0.1) is 16.6 Å². The molecule has 1 heterocycles. The molecule has 1 aliphatic rings. The molecular formula is C20H24BrN3O3S. The summed E-state index contributed by atoms with van der Waals surface area (Å²) in [4.78, 5) is 15.0. The molecule has 1 N–H and O–H groups in total. The summed E-state index contributed by atoms with van der Waals surface area (Å²) in [7, 11) is -3.49. The summed E-state index contributed by atoms with van der Waals surface area (Å²) in [5.74, 6) is -0.107. The fourth-order valence-corrected chi connectivity index (χ4v) is 5.23. The van der Waals surface area contributed by atoms with Crippen LogP contribution in [0.4, 0.5) is 5.69 Å². The van der Waals surface area contributed by atoms with Crippen molar-refractivity contribution >= 4 is 37.5 Å². The highest BCUT2D eigenvalue weighted by atomic mass is 79.9. The van der Waals surface area contributed by atoms with Crippen molar-refractivity contribution < 1.29 is 13.2 Å². The number of nitrogens with zero attached hydrogens (tertiary/aromatic N) is 2. The Morgan fingerprint density at radius 1 is 1.07 bits per heavy atom. The molecule has 0 aliphatic carbocycles. The number of rotatable bonds is 5. The molecule has 6 nitrogen and oxygen atoms in total. The number of carbonyl (C=O) groups is 1. The van der Waals surface area contributed by atoms with Crippen LogP contribution in [0.25, 0.3) is 0 Å². The summed E-state index contributed by atoms with van der Waals surface area (Å²) in [6.45, 7) is 5.58. The first-order valence-electron chi connectivity index (χ1n) is 9.15. The van der Waals surface area contributed by atoms with Gasteiger partial charge in [-0.05, 0) is 59.6 Å². The van der Waals surface area contributed by atoms with E-state index in [4.69, 9.17) is 0 Å². The average molecular weight is 466 g/mol. The number of benzene rings is 2. The van der Waals surface area contributed by atoms with E-state index in [2.05, 4.69) is 21.2 Å². The zero-order chi connectivity index (χ0) is 20.3. The lowest BCUT2D eigenvalue weighted by Gasteiger charge is -2.36. The molecule has 1 fully saturated rings. The Hall–Kier alpha value is -1.74. The predicted molar refractivity (Wildman–Crippen MR) is 114 cm³/mol. The number of hydrogen-bond donors (Lipinski definition) is 1.